The van der Waals surface area contributed by atoms with Gasteiger partial charge in [-0.1, -0.05) is 35.0 Å². The Bertz CT molecular complexity index is 530. The summed E-state index contributed by atoms with van der Waals surface area (Å²) in [5.41, 5.74) is 2.18. The average Bonchev–Trinajstić information content (AvgIpc) is 2.87. The zero-order valence-electron chi connectivity index (χ0n) is 10.8. The smallest absolute Gasteiger partial charge is 0.123 e. The second-order valence-corrected chi connectivity index (χ2v) is 6.35. The molecule has 1 heterocycles. The van der Waals surface area contributed by atoms with E-state index in [-0.39, 0.29) is 12.5 Å². The molecule has 102 valence electrons. The van der Waals surface area contributed by atoms with Crippen molar-refractivity contribution in [3.63, 3.8) is 0 Å². The highest BCUT2D eigenvalue weighted by atomic mass is 79.9. The first-order valence-corrected chi connectivity index (χ1v) is 7.88. The van der Waals surface area contributed by atoms with Crippen molar-refractivity contribution in [3.8, 4) is 10.6 Å². The molecule has 0 saturated heterocycles. The van der Waals surface area contributed by atoms with Crippen LogP contribution in [0.3, 0.4) is 0 Å². The van der Waals surface area contributed by atoms with E-state index in [1.165, 1.54) is 0 Å². The highest BCUT2D eigenvalue weighted by molar-refractivity contribution is 9.10. The zero-order valence-corrected chi connectivity index (χ0v) is 13.2. The van der Waals surface area contributed by atoms with Crippen molar-refractivity contribution in [1.29, 1.82) is 0 Å². The summed E-state index contributed by atoms with van der Waals surface area (Å²) in [6.07, 6.45) is 0. The molecule has 1 atom stereocenters. The fraction of sp³-hybridized carbons (Fsp3) is 0.357. The van der Waals surface area contributed by atoms with Crippen molar-refractivity contribution in [1.82, 2.24) is 10.3 Å². The maximum Gasteiger partial charge on any atom is 0.123 e. The highest BCUT2D eigenvalue weighted by Gasteiger charge is 2.05. The van der Waals surface area contributed by atoms with Gasteiger partial charge < -0.3 is 10.4 Å². The van der Waals surface area contributed by atoms with Crippen LogP contribution in [0.25, 0.3) is 10.6 Å². The molecule has 0 bridgehead atoms. The number of halogens is 1. The van der Waals surface area contributed by atoms with E-state index in [1.54, 1.807) is 11.3 Å². The van der Waals surface area contributed by atoms with E-state index < -0.39 is 0 Å². The predicted octanol–water partition coefficient (Wildman–Crippen LogP) is 3.29. The normalized spacial score (nSPS) is 12.6. The minimum atomic E-state index is 0.216. The number of nitrogens with one attached hydrogen (secondary N) is 1. The Kier molecular flexibility index (Phi) is 5.51. The summed E-state index contributed by atoms with van der Waals surface area (Å²) < 4.78 is 1.07. The molecule has 2 N–H and O–H groups in total. The van der Waals surface area contributed by atoms with Crippen molar-refractivity contribution in [2.45, 2.75) is 13.5 Å². The Morgan fingerprint density at radius 2 is 2.32 bits per heavy atom. The van der Waals surface area contributed by atoms with Crippen molar-refractivity contribution >= 4 is 27.3 Å². The SMILES string of the molecule is CC(CO)CNCc1csc(-c2cccc(Br)c2)n1. The fourth-order valence-corrected chi connectivity index (χ4v) is 2.87. The van der Waals surface area contributed by atoms with E-state index in [9.17, 15) is 0 Å². The quantitative estimate of drug-likeness (QED) is 0.848. The fourth-order valence-electron chi connectivity index (χ4n) is 1.65. The van der Waals surface area contributed by atoms with Gasteiger partial charge in [-0.15, -0.1) is 11.3 Å². The van der Waals surface area contributed by atoms with E-state index in [0.29, 0.717) is 0 Å². The van der Waals surface area contributed by atoms with Gasteiger partial charge in [0.05, 0.1) is 5.69 Å². The summed E-state index contributed by atoms with van der Waals surface area (Å²) in [6.45, 7) is 3.78. The Morgan fingerprint density at radius 1 is 1.47 bits per heavy atom. The molecule has 1 unspecified atom stereocenters. The van der Waals surface area contributed by atoms with Gasteiger partial charge in [0, 0.05) is 35.1 Å². The largest absolute Gasteiger partial charge is 0.396 e. The molecule has 0 aliphatic heterocycles. The number of nitrogens with zero attached hydrogens (tertiary/aromatic N) is 1. The van der Waals surface area contributed by atoms with Gasteiger partial charge in [-0.05, 0) is 18.1 Å². The topological polar surface area (TPSA) is 45.1 Å². The summed E-state index contributed by atoms with van der Waals surface area (Å²) in [5.74, 6) is 0.281. The third-order valence-corrected chi connectivity index (χ3v) is 4.17. The standard InChI is InChI=1S/C14H17BrN2OS/c1-10(8-18)6-16-7-13-9-19-14(17-13)11-3-2-4-12(15)5-11/h2-5,9-10,16,18H,6-8H2,1H3. The molecule has 0 spiro atoms. The van der Waals surface area contributed by atoms with Crippen LogP contribution in [0.4, 0.5) is 0 Å². The monoisotopic (exact) mass is 340 g/mol. The Labute approximate surface area is 125 Å². The molecule has 1 aromatic heterocycles. The van der Waals surface area contributed by atoms with E-state index >= 15 is 0 Å². The summed E-state index contributed by atoms with van der Waals surface area (Å²) in [5, 5.41) is 15.4. The van der Waals surface area contributed by atoms with Gasteiger partial charge in [0.15, 0.2) is 0 Å². The van der Waals surface area contributed by atoms with Gasteiger partial charge in [0.1, 0.15) is 5.01 Å². The molecule has 0 aliphatic carbocycles. The molecule has 0 fully saturated rings. The molecule has 3 nitrogen and oxygen atoms in total. The highest BCUT2D eigenvalue weighted by Crippen LogP contribution is 2.26. The van der Waals surface area contributed by atoms with Crippen LogP contribution in [0.1, 0.15) is 12.6 Å². The molecule has 0 radical (unpaired) electrons. The van der Waals surface area contributed by atoms with Crippen LogP contribution in [0, 0.1) is 5.92 Å². The first-order chi connectivity index (χ1) is 9.19. The molecule has 1 aromatic carbocycles. The Morgan fingerprint density at radius 3 is 3.05 bits per heavy atom. The van der Waals surface area contributed by atoms with Gasteiger partial charge >= 0.3 is 0 Å². The van der Waals surface area contributed by atoms with Crippen LogP contribution in [0.5, 0.6) is 0 Å². The van der Waals surface area contributed by atoms with Crippen molar-refractivity contribution in [2.24, 2.45) is 5.92 Å². The third-order valence-electron chi connectivity index (χ3n) is 2.73. The Balaban J connectivity index is 1.95. The lowest BCUT2D eigenvalue weighted by Gasteiger charge is -2.07. The second-order valence-electron chi connectivity index (χ2n) is 4.57. The van der Waals surface area contributed by atoms with Gasteiger partial charge in [-0.3, -0.25) is 0 Å². The third kappa shape index (κ3) is 4.38. The minimum absolute atomic E-state index is 0.216. The second kappa shape index (κ2) is 7.14. The Hall–Kier alpha value is -0.750. The number of hydrogen-bond acceptors (Lipinski definition) is 4. The summed E-state index contributed by atoms with van der Waals surface area (Å²) in [7, 11) is 0. The first kappa shape index (κ1) is 14.7. The average molecular weight is 341 g/mol. The number of aromatic nitrogens is 1. The number of rotatable bonds is 6. The lowest BCUT2D eigenvalue weighted by Crippen LogP contribution is -2.22. The van der Waals surface area contributed by atoms with E-state index in [4.69, 9.17) is 5.11 Å². The van der Waals surface area contributed by atoms with Crippen molar-refractivity contribution in [3.05, 3.63) is 39.8 Å². The number of aliphatic hydroxyl groups is 1. The minimum Gasteiger partial charge on any atom is -0.396 e. The van der Waals surface area contributed by atoms with Crippen LogP contribution in [-0.4, -0.2) is 23.2 Å². The van der Waals surface area contributed by atoms with Crippen LogP contribution in [-0.2, 0) is 6.54 Å². The molecule has 2 rings (SSSR count). The molecule has 0 amide bonds. The number of thiazole rings is 1. The summed E-state index contributed by atoms with van der Waals surface area (Å²) >= 11 is 5.13. The van der Waals surface area contributed by atoms with Gasteiger partial charge in [0.25, 0.3) is 0 Å². The molecule has 0 aliphatic rings. The lowest BCUT2D eigenvalue weighted by atomic mass is 10.2. The maximum absolute atomic E-state index is 8.95. The summed E-state index contributed by atoms with van der Waals surface area (Å²) in [4.78, 5) is 4.62. The lowest BCUT2D eigenvalue weighted by molar-refractivity contribution is 0.233. The van der Waals surface area contributed by atoms with Gasteiger partial charge in [0.2, 0.25) is 0 Å². The van der Waals surface area contributed by atoms with Crippen molar-refractivity contribution in [2.75, 3.05) is 13.2 Å². The molecule has 5 heteroatoms. The first-order valence-electron chi connectivity index (χ1n) is 6.21. The van der Waals surface area contributed by atoms with Crippen LogP contribution < -0.4 is 5.32 Å². The predicted molar refractivity (Wildman–Crippen MR) is 83.2 cm³/mol. The van der Waals surface area contributed by atoms with E-state index in [1.807, 2.05) is 19.1 Å². The molecule has 0 saturated carbocycles. The van der Waals surface area contributed by atoms with E-state index in [2.05, 4.69) is 43.7 Å². The zero-order chi connectivity index (χ0) is 13.7. The van der Waals surface area contributed by atoms with Crippen molar-refractivity contribution < 1.29 is 5.11 Å². The van der Waals surface area contributed by atoms with Gasteiger partial charge in [-0.25, -0.2) is 4.98 Å². The molecule has 2 aromatic rings. The van der Waals surface area contributed by atoms with E-state index in [0.717, 1.165) is 33.8 Å². The maximum atomic E-state index is 8.95. The number of aliphatic hydroxyl groups excluding tert-OH is 1. The molecular weight excluding hydrogens is 324 g/mol. The van der Waals surface area contributed by atoms with Crippen LogP contribution in [0.15, 0.2) is 34.1 Å². The summed E-state index contributed by atoms with van der Waals surface area (Å²) in [6, 6.07) is 8.16. The van der Waals surface area contributed by atoms with Crippen LogP contribution in [0.2, 0.25) is 0 Å². The van der Waals surface area contributed by atoms with Gasteiger partial charge in [-0.2, -0.15) is 0 Å². The van der Waals surface area contributed by atoms with Crippen LogP contribution >= 0.6 is 27.3 Å². The molecule has 19 heavy (non-hydrogen) atoms. The molecular formula is C14H17BrN2OS. The number of hydrogen-bond donors (Lipinski definition) is 2. The number of benzene rings is 1.